The number of nitrogens with zero attached hydrogens (tertiary/aromatic N) is 5. The van der Waals surface area contributed by atoms with E-state index >= 15 is 0 Å². The Balaban J connectivity index is 1.63. The van der Waals surface area contributed by atoms with Crippen LogP contribution in [-0.4, -0.2) is 38.9 Å². The topological polar surface area (TPSA) is 101 Å². The lowest BCUT2D eigenvalue weighted by molar-refractivity contribution is 0.100. The first-order valence-corrected chi connectivity index (χ1v) is 10.6. The second-order valence-corrected chi connectivity index (χ2v) is 8.31. The van der Waals surface area contributed by atoms with Crippen LogP contribution in [0.1, 0.15) is 27.2 Å². The van der Waals surface area contributed by atoms with Gasteiger partial charge in [-0.25, -0.2) is 15.0 Å². The van der Waals surface area contributed by atoms with Crippen molar-refractivity contribution < 1.29 is 4.79 Å². The van der Waals surface area contributed by atoms with Crippen molar-refractivity contribution in [3.05, 3.63) is 58.0 Å². The summed E-state index contributed by atoms with van der Waals surface area (Å²) in [6.45, 7) is 1.65. The molecule has 152 valence electrons. The summed E-state index contributed by atoms with van der Waals surface area (Å²) in [5.41, 5.74) is 7.71. The lowest BCUT2D eigenvalue weighted by Gasteiger charge is -2.28. The number of primary amides is 1. The normalized spacial score (nSPS) is 13.4. The molecule has 1 aliphatic rings. The number of amides is 1. The van der Waals surface area contributed by atoms with Gasteiger partial charge >= 0.3 is 0 Å². The predicted octanol–water partition coefficient (Wildman–Crippen LogP) is 2.95. The maximum atomic E-state index is 11.8. The number of imidazole rings is 1. The molecule has 0 saturated carbocycles. The van der Waals surface area contributed by atoms with Crippen LogP contribution in [0.4, 0.5) is 11.6 Å². The first kappa shape index (κ1) is 18.6. The third-order valence-corrected chi connectivity index (χ3v) is 6.19. The zero-order chi connectivity index (χ0) is 20.7. The van der Waals surface area contributed by atoms with Crippen LogP contribution in [0, 0.1) is 0 Å². The predicted molar refractivity (Wildman–Crippen MR) is 118 cm³/mol. The molecule has 9 heteroatoms. The molecule has 0 atom stereocenters. The van der Waals surface area contributed by atoms with Crippen LogP contribution >= 0.6 is 11.3 Å². The molecule has 0 radical (unpaired) electrons. The number of thiophene rings is 1. The Morgan fingerprint density at radius 2 is 2.20 bits per heavy atom. The second kappa shape index (κ2) is 7.42. The molecule has 0 saturated heterocycles. The first-order chi connectivity index (χ1) is 14.6. The van der Waals surface area contributed by atoms with Crippen molar-refractivity contribution >= 4 is 34.4 Å². The highest BCUT2D eigenvalue weighted by Gasteiger charge is 2.23. The van der Waals surface area contributed by atoms with Gasteiger partial charge in [-0.2, -0.15) is 0 Å². The van der Waals surface area contributed by atoms with E-state index in [9.17, 15) is 4.79 Å². The zero-order valence-electron chi connectivity index (χ0n) is 16.5. The summed E-state index contributed by atoms with van der Waals surface area (Å²) in [5, 5.41) is 5.57. The molecule has 5 rings (SSSR count). The monoisotopic (exact) mass is 419 g/mol. The fourth-order valence-corrected chi connectivity index (χ4v) is 4.49. The largest absolute Gasteiger partial charge is 0.366 e. The SMILES string of the molecule is CN1CCCc2c(NCc3cccs3)nc(-c3ncc4c(C(N)=O)cccn34)nc21. The third kappa shape index (κ3) is 3.17. The van der Waals surface area contributed by atoms with E-state index in [0.717, 1.165) is 36.6 Å². The number of nitrogens with one attached hydrogen (secondary N) is 1. The second-order valence-electron chi connectivity index (χ2n) is 7.28. The van der Waals surface area contributed by atoms with Crippen LogP contribution < -0.4 is 16.0 Å². The molecule has 0 bridgehead atoms. The highest BCUT2D eigenvalue weighted by molar-refractivity contribution is 7.09. The molecular formula is C21H21N7OS. The quantitative estimate of drug-likeness (QED) is 0.516. The van der Waals surface area contributed by atoms with E-state index in [1.165, 1.54) is 4.88 Å². The maximum Gasteiger partial charge on any atom is 0.250 e. The van der Waals surface area contributed by atoms with Crippen molar-refractivity contribution in [2.24, 2.45) is 5.73 Å². The van der Waals surface area contributed by atoms with Crippen molar-refractivity contribution in [2.45, 2.75) is 19.4 Å². The molecule has 1 aliphatic heterocycles. The lowest BCUT2D eigenvalue weighted by atomic mass is 10.1. The van der Waals surface area contributed by atoms with E-state index in [1.54, 1.807) is 29.7 Å². The Labute approximate surface area is 177 Å². The third-order valence-electron chi connectivity index (χ3n) is 5.31. The number of pyridine rings is 1. The van der Waals surface area contributed by atoms with E-state index < -0.39 is 5.91 Å². The number of hydrogen-bond acceptors (Lipinski definition) is 7. The Morgan fingerprint density at radius 1 is 1.30 bits per heavy atom. The van der Waals surface area contributed by atoms with E-state index in [1.807, 2.05) is 23.7 Å². The number of fused-ring (bicyclic) bond motifs is 2. The molecular weight excluding hydrogens is 398 g/mol. The highest BCUT2D eigenvalue weighted by Crippen LogP contribution is 2.32. The van der Waals surface area contributed by atoms with Crippen LogP contribution in [0.15, 0.2) is 42.0 Å². The van der Waals surface area contributed by atoms with Crippen molar-refractivity contribution in [2.75, 3.05) is 23.8 Å². The fourth-order valence-electron chi connectivity index (χ4n) is 3.84. The van der Waals surface area contributed by atoms with Gasteiger partial charge in [0, 0.05) is 30.2 Å². The van der Waals surface area contributed by atoms with Gasteiger partial charge in [0.1, 0.15) is 11.6 Å². The Kier molecular flexibility index (Phi) is 4.59. The summed E-state index contributed by atoms with van der Waals surface area (Å²) < 4.78 is 1.81. The number of carbonyl (C=O) groups excluding carboxylic acids is 1. The summed E-state index contributed by atoms with van der Waals surface area (Å²) >= 11 is 1.71. The summed E-state index contributed by atoms with van der Waals surface area (Å²) in [6, 6.07) is 7.62. The van der Waals surface area contributed by atoms with Crippen LogP contribution in [-0.2, 0) is 13.0 Å². The highest BCUT2D eigenvalue weighted by atomic mass is 32.1. The molecule has 0 fully saturated rings. The van der Waals surface area contributed by atoms with Gasteiger partial charge in [-0.3, -0.25) is 9.20 Å². The van der Waals surface area contributed by atoms with Gasteiger partial charge in [-0.15, -0.1) is 11.3 Å². The zero-order valence-corrected chi connectivity index (χ0v) is 17.3. The van der Waals surface area contributed by atoms with E-state index in [0.29, 0.717) is 29.3 Å². The smallest absolute Gasteiger partial charge is 0.250 e. The average molecular weight is 420 g/mol. The van der Waals surface area contributed by atoms with Crippen LogP contribution in [0.25, 0.3) is 17.2 Å². The van der Waals surface area contributed by atoms with Crippen molar-refractivity contribution in [3.8, 4) is 11.6 Å². The van der Waals surface area contributed by atoms with Gasteiger partial charge in [0.2, 0.25) is 0 Å². The minimum absolute atomic E-state index is 0.419. The van der Waals surface area contributed by atoms with Crippen LogP contribution in [0.3, 0.4) is 0 Å². The van der Waals surface area contributed by atoms with Gasteiger partial charge in [0.25, 0.3) is 5.91 Å². The standard InChI is InChI=1S/C21H21N7OS/c1-27-8-2-7-15-18(23-11-13-5-4-10-30-13)25-19(26-20(15)27)21-24-12-16-14(17(22)29)6-3-9-28(16)21/h3-6,9-10,12H,2,7-8,11H2,1H3,(H2,22,29)(H,23,25,26). The number of aromatic nitrogens is 4. The van der Waals surface area contributed by atoms with Gasteiger partial charge < -0.3 is 16.0 Å². The van der Waals surface area contributed by atoms with Crippen molar-refractivity contribution in [1.82, 2.24) is 19.4 Å². The maximum absolute atomic E-state index is 11.8. The van der Waals surface area contributed by atoms with E-state index in [-0.39, 0.29) is 0 Å². The number of hydrogen-bond donors (Lipinski definition) is 2. The van der Waals surface area contributed by atoms with Crippen LogP contribution in [0.2, 0.25) is 0 Å². The summed E-state index contributed by atoms with van der Waals surface area (Å²) in [7, 11) is 2.05. The van der Waals surface area contributed by atoms with Crippen LogP contribution in [0.5, 0.6) is 0 Å². The van der Waals surface area contributed by atoms with Gasteiger partial charge in [0.15, 0.2) is 11.6 Å². The Morgan fingerprint density at radius 3 is 3.00 bits per heavy atom. The average Bonchev–Trinajstić information content (AvgIpc) is 3.42. The minimum Gasteiger partial charge on any atom is -0.366 e. The molecule has 30 heavy (non-hydrogen) atoms. The summed E-state index contributed by atoms with van der Waals surface area (Å²) in [4.78, 5) is 29.4. The number of rotatable bonds is 5. The minimum atomic E-state index is -0.489. The molecule has 1 amide bonds. The van der Waals surface area contributed by atoms with E-state index in [4.69, 9.17) is 15.7 Å². The number of carbonyl (C=O) groups is 1. The number of nitrogens with two attached hydrogens (primary N) is 1. The molecule has 8 nitrogen and oxygen atoms in total. The first-order valence-electron chi connectivity index (χ1n) is 9.76. The van der Waals surface area contributed by atoms with E-state index in [2.05, 4.69) is 26.6 Å². The lowest BCUT2D eigenvalue weighted by Crippen LogP contribution is -2.27. The molecule has 3 N–H and O–H groups in total. The van der Waals surface area contributed by atoms with Gasteiger partial charge in [0.05, 0.1) is 23.8 Å². The molecule has 4 aromatic heterocycles. The number of anilines is 2. The molecule has 0 spiro atoms. The Hall–Kier alpha value is -3.46. The molecule has 0 aliphatic carbocycles. The molecule has 0 aromatic carbocycles. The van der Waals surface area contributed by atoms with Crippen molar-refractivity contribution in [1.29, 1.82) is 0 Å². The van der Waals surface area contributed by atoms with Gasteiger partial charge in [-0.05, 0) is 36.4 Å². The molecule has 5 heterocycles. The van der Waals surface area contributed by atoms with Gasteiger partial charge in [-0.1, -0.05) is 6.07 Å². The Bertz CT molecular complexity index is 1230. The molecule has 0 unspecified atom stereocenters. The van der Waals surface area contributed by atoms with Crippen molar-refractivity contribution in [3.63, 3.8) is 0 Å². The molecule has 4 aromatic rings. The summed E-state index contributed by atoms with van der Waals surface area (Å²) in [6.07, 6.45) is 5.48. The fraction of sp³-hybridized carbons (Fsp3) is 0.238. The summed E-state index contributed by atoms with van der Waals surface area (Å²) in [5.74, 6) is 2.35.